The van der Waals surface area contributed by atoms with Crippen LogP contribution in [0.5, 0.6) is 0 Å². The summed E-state index contributed by atoms with van der Waals surface area (Å²) < 4.78 is -1.66. The number of carbonyl (C=O) groups is 1. The third-order valence-corrected chi connectivity index (χ3v) is 0.753. The minimum absolute atomic E-state index is 0. The summed E-state index contributed by atoms with van der Waals surface area (Å²) in [6.45, 7) is 0. The van der Waals surface area contributed by atoms with Gasteiger partial charge in [0.25, 0.3) is 0 Å². The van der Waals surface area contributed by atoms with Gasteiger partial charge in [-0.25, -0.2) is 0 Å². The van der Waals surface area contributed by atoms with Crippen molar-refractivity contribution >= 4 is 70.3 Å². The molecule has 2 nitrogen and oxygen atoms in total. The van der Waals surface area contributed by atoms with Crippen LogP contribution in [0, 0.1) is 0 Å². The van der Waals surface area contributed by atoms with Gasteiger partial charge < -0.3 is 5.11 Å². The van der Waals surface area contributed by atoms with Crippen LogP contribution >= 0.6 is 34.8 Å². The molecule has 0 aromatic rings. The van der Waals surface area contributed by atoms with E-state index in [0.717, 1.165) is 0 Å². The standard InChI is InChI=1S/C3H3Cl3O2.Na.H/c4-3(5,6)1-2(7)8;;/h1H2,(H,7,8);;. The summed E-state index contributed by atoms with van der Waals surface area (Å²) in [5, 5.41) is 8.00. The Morgan fingerprint density at radius 2 is 1.78 bits per heavy atom. The van der Waals surface area contributed by atoms with Crippen molar-refractivity contribution < 1.29 is 9.90 Å². The number of hydrogen-bond donors (Lipinski definition) is 1. The van der Waals surface area contributed by atoms with Crippen molar-refractivity contribution in [2.75, 3.05) is 0 Å². The van der Waals surface area contributed by atoms with E-state index < -0.39 is 16.2 Å². The van der Waals surface area contributed by atoms with Crippen LogP contribution in [0.15, 0.2) is 0 Å². The van der Waals surface area contributed by atoms with E-state index in [0.29, 0.717) is 0 Å². The van der Waals surface area contributed by atoms with Crippen LogP contribution in [0.4, 0.5) is 0 Å². The van der Waals surface area contributed by atoms with Gasteiger partial charge in [-0.15, -0.1) is 0 Å². The quantitative estimate of drug-likeness (QED) is 0.511. The average Bonchev–Trinajstić information content (AvgIpc) is 1.21. The maximum absolute atomic E-state index is 9.76. The predicted molar refractivity (Wildman–Crippen MR) is 39.7 cm³/mol. The average molecular weight is 201 g/mol. The van der Waals surface area contributed by atoms with Crippen LogP contribution in [0.2, 0.25) is 0 Å². The van der Waals surface area contributed by atoms with Crippen molar-refractivity contribution in [2.24, 2.45) is 0 Å². The summed E-state index contributed by atoms with van der Waals surface area (Å²) >= 11 is 15.2. The van der Waals surface area contributed by atoms with Crippen molar-refractivity contribution in [3.8, 4) is 0 Å². The fraction of sp³-hybridized carbons (Fsp3) is 0.667. The zero-order valence-corrected chi connectivity index (χ0v) is 5.96. The molecule has 0 aromatic carbocycles. The first-order valence-corrected chi connectivity index (χ1v) is 2.84. The minimum atomic E-state index is -1.66. The molecule has 0 spiro atoms. The molecule has 0 saturated heterocycles. The van der Waals surface area contributed by atoms with E-state index in [1.807, 2.05) is 0 Å². The predicted octanol–water partition coefficient (Wildman–Crippen LogP) is 1.18. The summed E-state index contributed by atoms with van der Waals surface area (Å²) in [4.78, 5) is 9.76. The fourth-order valence-electron chi connectivity index (χ4n) is 0.171. The van der Waals surface area contributed by atoms with Crippen molar-refractivity contribution in [1.29, 1.82) is 0 Å². The van der Waals surface area contributed by atoms with E-state index >= 15 is 0 Å². The second kappa shape index (κ2) is 5.05. The number of alkyl halides is 3. The Hall–Kier alpha value is 1.34. The van der Waals surface area contributed by atoms with Crippen LogP contribution in [0.25, 0.3) is 0 Å². The van der Waals surface area contributed by atoms with Gasteiger partial charge in [0.1, 0.15) is 0 Å². The molecule has 0 heterocycles. The van der Waals surface area contributed by atoms with Gasteiger partial charge in [-0.2, -0.15) is 0 Å². The molecule has 0 aliphatic rings. The number of aliphatic carboxylic acids is 1. The molecule has 0 unspecified atom stereocenters. The van der Waals surface area contributed by atoms with Crippen LogP contribution in [0.3, 0.4) is 0 Å². The molecule has 0 fully saturated rings. The summed E-state index contributed by atoms with van der Waals surface area (Å²) in [6.07, 6.45) is -0.461. The molecule has 0 atom stereocenters. The van der Waals surface area contributed by atoms with Crippen LogP contribution in [0.1, 0.15) is 6.42 Å². The first kappa shape index (κ1) is 13.0. The SMILES string of the molecule is O=C(O)CC(Cl)(Cl)Cl.[NaH]. The van der Waals surface area contributed by atoms with Gasteiger partial charge in [-0.1, -0.05) is 34.8 Å². The molecule has 1 N–H and O–H groups in total. The number of carboxylic acids is 1. The molecular weight excluding hydrogens is 197 g/mol. The zero-order valence-electron chi connectivity index (χ0n) is 3.70. The monoisotopic (exact) mass is 200 g/mol. The molecule has 0 aliphatic heterocycles. The number of hydrogen-bond acceptors (Lipinski definition) is 1. The van der Waals surface area contributed by atoms with E-state index in [2.05, 4.69) is 0 Å². The van der Waals surface area contributed by atoms with E-state index in [1.165, 1.54) is 0 Å². The first-order valence-electron chi connectivity index (χ1n) is 1.70. The maximum atomic E-state index is 9.76. The van der Waals surface area contributed by atoms with Crippen molar-refractivity contribution in [1.82, 2.24) is 0 Å². The molecule has 0 radical (unpaired) electrons. The van der Waals surface area contributed by atoms with Crippen molar-refractivity contribution in [2.45, 2.75) is 10.2 Å². The topological polar surface area (TPSA) is 37.3 Å². The Kier molecular flexibility index (Phi) is 7.28. The first-order chi connectivity index (χ1) is 3.42. The Morgan fingerprint density at radius 3 is 1.78 bits per heavy atom. The number of rotatable bonds is 1. The second-order valence-corrected chi connectivity index (χ2v) is 3.70. The van der Waals surface area contributed by atoms with E-state index in [9.17, 15) is 4.79 Å². The van der Waals surface area contributed by atoms with Gasteiger partial charge in [0.2, 0.25) is 3.79 Å². The molecule has 0 aromatic heterocycles. The normalized spacial score (nSPS) is 10.1. The van der Waals surface area contributed by atoms with Gasteiger partial charge >= 0.3 is 35.5 Å². The molecule has 0 rings (SSSR count). The van der Waals surface area contributed by atoms with E-state index in [4.69, 9.17) is 39.9 Å². The third kappa shape index (κ3) is 12.5. The zero-order chi connectivity index (χ0) is 6.78. The third-order valence-electron chi connectivity index (χ3n) is 0.352. The Balaban J connectivity index is 0. The van der Waals surface area contributed by atoms with Gasteiger partial charge in [0, 0.05) is 0 Å². The summed E-state index contributed by atoms with van der Waals surface area (Å²) in [5.74, 6) is -1.12. The van der Waals surface area contributed by atoms with Crippen molar-refractivity contribution in [3.05, 3.63) is 0 Å². The second-order valence-electron chi connectivity index (χ2n) is 1.19. The van der Waals surface area contributed by atoms with Gasteiger partial charge in [-0.3, -0.25) is 4.79 Å². The van der Waals surface area contributed by atoms with Gasteiger partial charge in [-0.05, 0) is 0 Å². The molecule has 6 heteroatoms. The van der Waals surface area contributed by atoms with Crippen LogP contribution in [-0.4, -0.2) is 44.4 Å². The summed E-state index contributed by atoms with van der Waals surface area (Å²) in [5.41, 5.74) is 0. The number of carboxylic acid groups (broad SMARTS) is 1. The molecule has 0 saturated carbocycles. The molecule has 0 amide bonds. The molecular formula is C3H4Cl3NaO2. The fourth-order valence-corrected chi connectivity index (χ4v) is 0.514. The van der Waals surface area contributed by atoms with Crippen LogP contribution < -0.4 is 0 Å². The van der Waals surface area contributed by atoms with E-state index in [-0.39, 0.29) is 29.6 Å². The number of halogens is 3. The molecule has 9 heavy (non-hydrogen) atoms. The van der Waals surface area contributed by atoms with Crippen LogP contribution in [-0.2, 0) is 4.79 Å². The van der Waals surface area contributed by atoms with E-state index in [1.54, 1.807) is 0 Å². The Morgan fingerprint density at radius 1 is 1.44 bits per heavy atom. The van der Waals surface area contributed by atoms with Crippen molar-refractivity contribution in [3.63, 3.8) is 0 Å². The Labute approximate surface area is 89.7 Å². The Bertz CT molecular complexity index is 99.7. The van der Waals surface area contributed by atoms with Gasteiger partial charge in [0.05, 0.1) is 6.42 Å². The molecule has 0 bridgehead atoms. The summed E-state index contributed by atoms with van der Waals surface area (Å²) in [7, 11) is 0. The van der Waals surface area contributed by atoms with Gasteiger partial charge in [0.15, 0.2) is 0 Å². The molecule has 50 valence electrons. The molecule has 0 aliphatic carbocycles. The summed E-state index contributed by atoms with van der Waals surface area (Å²) in [6, 6.07) is 0.